The lowest BCUT2D eigenvalue weighted by Gasteiger charge is -2.28. The summed E-state index contributed by atoms with van der Waals surface area (Å²) >= 11 is 1.29. The van der Waals surface area contributed by atoms with Crippen LogP contribution in [-0.2, 0) is 4.79 Å². The molecule has 152 valence electrons. The van der Waals surface area contributed by atoms with E-state index >= 15 is 0 Å². The summed E-state index contributed by atoms with van der Waals surface area (Å²) in [5, 5.41) is 12.4. The summed E-state index contributed by atoms with van der Waals surface area (Å²) in [5.74, 6) is -0.657. The standard InChI is InChI=1S/C22H24N2O4S/c1-4-13-28-16-9-7-15(8-10-16)19-18(20(25)17-6-5-14-29-17)21(26)22(27)24(19)12-11-23(2)3/h4-10,14,19,26H,1,11-13H2,2-3H3/t19-/m0/s1. The minimum Gasteiger partial charge on any atom is -0.503 e. The number of thiophene rings is 1. The third-order valence-corrected chi connectivity index (χ3v) is 5.51. The summed E-state index contributed by atoms with van der Waals surface area (Å²) in [6.45, 7) is 5.01. The summed E-state index contributed by atoms with van der Waals surface area (Å²) < 4.78 is 5.52. The summed E-state index contributed by atoms with van der Waals surface area (Å²) in [7, 11) is 3.82. The molecule has 1 aromatic carbocycles. The van der Waals surface area contributed by atoms with E-state index in [1.54, 1.807) is 40.6 Å². The average Bonchev–Trinajstić information content (AvgIpc) is 3.33. The monoisotopic (exact) mass is 412 g/mol. The number of nitrogens with zero attached hydrogens (tertiary/aromatic N) is 2. The molecule has 0 spiro atoms. The maximum Gasteiger partial charge on any atom is 0.290 e. The van der Waals surface area contributed by atoms with Gasteiger partial charge in [0.15, 0.2) is 5.76 Å². The second kappa shape index (κ2) is 9.07. The van der Waals surface area contributed by atoms with Gasteiger partial charge in [-0.15, -0.1) is 11.3 Å². The van der Waals surface area contributed by atoms with Gasteiger partial charge in [-0.25, -0.2) is 0 Å². The largest absolute Gasteiger partial charge is 0.503 e. The Labute approximate surface area is 174 Å². The maximum absolute atomic E-state index is 13.1. The van der Waals surface area contributed by atoms with Crippen LogP contribution in [0.4, 0.5) is 0 Å². The summed E-state index contributed by atoms with van der Waals surface area (Å²) in [4.78, 5) is 29.9. The Hall–Kier alpha value is -2.90. The molecule has 1 N–H and O–H groups in total. The van der Waals surface area contributed by atoms with E-state index in [2.05, 4.69) is 6.58 Å². The van der Waals surface area contributed by atoms with Crippen molar-refractivity contribution < 1.29 is 19.4 Å². The summed E-state index contributed by atoms with van der Waals surface area (Å²) in [6, 6.07) is 10.0. The first-order valence-electron chi connectivity index (χ1n) is 9.24. The Morgan fingerprint density at radius 2 is 2.03 bits per heavy atom. The molecule has 1 atom stereocenters. The van der Waals surface area contributed by atoms with Crippen LogP contribution in [0, 0.1) is 0 Å². The first kappa shape index (κ1) is 20.8. The molecular formula is C22H24N2O4S. The third kappa shape index (κ3) is 4.41. The van der Waals surface area contributed by atoms with Crippen molar-refractivity contribution in [2.45, 2.75) is 6.04 Å². The first-order valence-corrected chi connectivity index (χ1v) is 10.1. The Balaban J connectivity index is 1.99. The van der Waals surface area contributed by atoms with Gasteiger partial charge in [-0.05, 0) is 43.2 Å². The van der Waals surface area contributed by atoms with Crippen molar-refractivity contribution in [3.05, 3.63) is 76.2 Å². The smallest absolute Gasteiger partial charge is 0.290 e. The topological polar surface area (TPSA) is 70.1 Å². The van der Waals surface area contributed by atoms with Crippen LogP contribution >= 0.6 is 11.3 Å². The molecule has 0 radical (unpaired) electrons. The molecule has 1 aromatic heterocycles. The predicted molar refractivity (Wildman–Crippen MR) is 113 cm³/mol. The molecule has 0 unspecified atom stereocenters. The Kier molecular flexibility index (Phi) is 6.51. The zero-order chi connectivity index (χ0) is 21.0. The van der Waals surface area contributed by atoms with E-state index in [1.807, 2.05) is 31.1 Å². The molecule has 1 amide bonds. The van der Waals surface area contributed by atoms with Gasteiger partial charge in [0.25, 0.3) is 5.91 Å². The van der Waals surface area contributed by atoms with Crippen LogP contribution in [-0.4, -0.2) is 60.4 Å². The number of ketones is 1. The van der Waals surface area contributed by atoms with Crippen molar-refractivity contribution in [2.24, 2.45) is 0 Å². The fourth-order valence-electron chi connectivity index (χ4n) is 3.21. The number of benzene rings is 1. The lowest BCUT2D eigenvalue weighted by molar-refractivity contribution is -0.129. The van der Waals surface area contributed by atoms with Crippen LogP contribution in [0.25, 0.3) is 0 Å². The van der Waals surface area contributed by atoms with Crippen molar-refractivity contribution in [3.8, 4) is 5.75 Å². The van der Waals surface area contributed by atoms with Gasteiger partial charge in [0, 0.05) is 13.1 Å². The van der Waals surface area contributed by atoms with Gasteiger partial charge in [0.2, 0.25) is 5.78 Å². The summed E-state index contributed by atoms with van der Waals surface area (Å²) in [6.07, 6.45) is 1.66. The van der Waals surface area contributed by atoms with Crippen molar-refractivity contribution >= 4 is 23.0 Å². The minimum absolute atomic E-state index is 0.121. The third-order valence-electron chi connectivity index (χ3n) is 4.65. The number of Topliss-reactive ketones (excluding diaryl/α,β-unsaturated/α-hetero) is 1. The second-order valence-corrected chi connectivity index (χ2v) is 7.89. The number of amides is 1. The predicted octanol–water partition coefficient (Wildman–Crippen LogP) is 3.45. The Morgan fingerprint density at radius 3 is 2.62 bits per heavy atom. The van der Waals surface area contributed by atoms with E-state index in [4.69, 9.17) is 4.74 Å². The van der Waals surface area contributed by atoms with E-state index in [-0.39, 0.29) is 11.4 Å². The number of rotatable bonds is 9. The van der Waals surface area contributed by atoms with Crippen molar-refractivity contribution in [1.82, 2.24) is 9.80 Å². The van der Waals surface area contributed by atoms with Gasteiger partial charge in [-0.1, -0.05) is 30.9 Å². The van der Waals surface area contributed by atoms with E-state index < -0.39 is 17.7 Å². The van der Waals surface area contributed by atoms with Crippen LogP contribution in [0.5, 0.6) is 5.75 Å². The van der Waals surface area contributed by atoms with Crippen LogP contribution < -0.4 is 4.74 Å². The van der Waals surface area contributed by atoms with Gasteiger partial charge >= 0.3 is 0 Å². The van der Waals surface area contributed by atoms with Gasteiger partial charge in [-0.2, -0.15) is 0 Å². The molecule has 0 fully saturated rings. The molecule has 0 saturated carbocycles. The minimum atomic E-state index is -0.648. The molecule has 0 saturated heterocycles. The van der Waals surface area contributed by atoms with Crippen molar-refractivity contribution in [2.75, 3.05) is 33.8 Å². The molecule has 0 bridgehead atoms. The highest BCUT2D eigenvalue weighted by molar-refractivity contribution is 7.12. The van der Waals surface area contributed by atoms with E-state index in [0.29, 0.717) is 30.3 Å². The van der Waals surface area contributed by atoms with E-state index in [9.17, 15) is 14.7 Å². The molecule has 0 aliphatic carbocycles. The van der Waals surface area contributed by atoms with Crippen molar-refractivity contribution in [3.63, 3.8) is 0 Å². The van der Waals surface area contributed by atoms with Gasteiger partial charge in [0.05, 0.1) is 16.5 Å². The molecule has 29 heavy (non-hydrogen) atoms. The number of ether oxygens (including phenoxy) is 1. The van der Waals surface area contributed by atoms with Gasteiger partial charge < -0.3 is 19.6 Å². The Morgan fingerprint density at radius 1 is 1.31 bits per heavy atom. The lowest BCUT2D eigenvalue weighted by atomic mass is 9.95. The van der Waals surface area contributed by atoms with Gasteiger partial charge in [-0.3, -0.25) is 9.59 Å². The normalized spacial score (nSPS) is 16.6. The van der Waals surface area contributed by atoms with Gasteiger partial charge in [0.1, 0.15) is 12.4 Å². The highest BCUT2D eigenvalue weighted by atomic mass is 32.1. The molecule has 2 heterocycles. The molecule has 1 aliphatic rings. The zero-order valence-electron chi connectivity index (χ0n) is 16.5. The average molecular weight is 413 g/mol. The fraction of sp³-hybridized carbons (Fsp3) is 0.273. The molecule has 3 rings (SSSR count). The SMILES string of the molecule is C=CCOc1ccc([C@H]2C(C(=O)c3cccs3)=C(O)C(=O)N2CCN(C)C)cc1. The van der Waals surface area contributed by atoms with Crippen LogP contribution in [0.2, 0.25) is 0 Å². The first-order chi connectivity index (χ1) is 13.9. The van der Waals surface area contributed by atoms with Crippen LogP contribution in [0.1, 0.15) is 21.3 Å². The molecule has 7 heteroatoms. The number of carbonyl (C=O) groups is 2. The number of aliphatic hydroxyl groups is 1. The maximum atomic E-state index is 13.1. The highest BCUT2D eigenvalue weighted by Crippen LogP contribution is 2.39. The van der Waals surface area contributed by atoms with Crippen LogP contribution in [0.3, 0.4) is 0 Å². The number of aliphatic hydroxyl groups excluding tert-OH is 1. The number of hydrogen-bond donors (Lipinski definition) is 1. The summed E-state index contributed by atoms with van der Waals surface area (Å²) in [5.41, 5.74) is 0.864. The van der Waals surface area contributed by atoms with E-state index in [0.717, 1.165) is 5.56 Å². The molecule has 6 nitrogen and oxygen atoms in total. The quantitative estimate of drug-likeness (QED) is 0.505. The molecule has 1 aliphatic heterocycles. The van der Waals surface area contributed by atoms with Crippen molar-refractivity contribution in [1.29, 1.82) is 0 Å². The number of carbonyl (C=O) groups excluding carboxylic acids is 2. The number of likely N-dealkylation sites (N-methyl/N-ethyl adjacent to an activating group) is 1. The second-order valence-electron chi connectivity index (χ2n) is 6.94. The lowest BCUT2D eigenvalue weighted by Crippen LogP contribution is -2.36. The van der Waals surface area contributed by atoms with E-state index in [1.165, 1.54) is 11.3 Å². The fourth-order valence-corrected chi connectivity index (χ4v) is 3.89. The highest BCUT2D eigenvalue weighted by Gasteiger charge is 2.43. The zero-order valence-corrected chi connectivity index (χ0v) is 17.3. The van der Waals surface area contributed by atoms with Crippen LogP contribution in [0.15, 0.2) is 65.8 Å². The molecular weight excluding hydrogens is 388 g/mol. The molecule has 2 aromatic rings. The number of hydrogen-bond acceptors (Lipinski definition) is 6. The Bertz CT molecular complexity index is 917.